The highest BCUT2D eigenvalue weighted by atomic mass is 32.1. The quantitative estimate of drug-likeness (QED) is 0.904. The molecule has 0 aliphatic heterocycles. The van der Waals surface area contributed by atoms with Crippen LogP contribution in [0.2, 0.25) is 0 Å². The first-order chi connectivity index (χ1) is 8.47. The van der Waals surface area contributed by atoms with Gasteiger partial charge in [-0.05, 0) is 12.8 Å². The Hall–Kier alpha value is -1.36. The molecule has 1 aliphatic rings. The number of anilines is 1. The average molecular weight is 262 g/mol. The summed E-state index contributed by atoms with van der Waals surface area (Å²) in [5.41, 5.74) is 8.13. The summed E-state index contributed by atoms with van der Waals surface area (Å²) in [4.78, 5) is 8.97. The highest BCUT2D eigenvalue weighted by molar-refractivity contribution is 7.16. The van der Waals surface area contributed by atoms with Crippen molar-refractivity contribution in [1.82, 2.24) is 14.5 Å². The Labute approximate surface area is 111 Å². The summed E-state index contributed by atoms with van der Waals surface area (Å²) in [6.45, 7) is 6.48. The van der Waals surface area contributed by atoms with Crippen LogP contribution >= 0.6 is 11.3 Å². The zero-order valence-electron chi connectivity index (χ0n) is 11.0. The Morgan fingerprint density at radius 1 is 1.39 bits per heavy atom. The van der Waals surface area contributed by atoms with E-state index in [0.29, 0.717) is 6.04 Å². The minimum atomic E-state index is 0.0431. The number of thiazole rings is 1. The molecule has 18 heavy (non-hydrogen) atoms. The minimum Gasteiger partial charge on any atom is -0.389 e. The number of imidazole rings is 1. The van der Waals surface area contributed by atoms with E-state index in [9.17, 15) is 0 Å². The fourth-order valence-electron chi connectivity index (χ4n) is 1.97. The van der Waals surface area contributed by atoms with Crippen LogP contribution in [0.1, 0.15) is 44.7 Å². The van der Waals surface area contributed by atoms with E-state index in [4.69, 9.17) is 10.7 Å². The monoisotopic (exact) mass is 262 g/mol. The van der Waals surface area contributed by atoms with E-state index in [1.165, 1.54) is 12.8 Å². The molecule has 0 amide bonds. The van der Waals surface area contributed by atoms with E-state index in [0.717, 1.165) is 21.4 Å². The second-order valence-corrected chi connectivity index (χ2v) is 6.93. The number of aromatic nitrogens is 3. The lowest BCUT2D eigenvalue weighted by molar-refractivity contribution is 0.585. The minimum absolute atomic E-state index is 0.0431. The van der Waals surface area contributed by atoms with Crippen molar-refractivity contribution >= 4 is 16.3 Å². The van der Waals surface area contributed by atoms with Gasteiger partial charge in [-0.1, -0.05) is 20.8 Å². The lowest BCUT2D eigenvalue weighted by Gasteiger charge is -2.13. The van der Waals surface area contributed by atoms with Crippen LogP contribution in [0.25, 0.3) is 11.4 Å². The fourth-order valence-corrected chi connectivity index (χ4v) is 2.87. The van der Waals surface area contributed by atoms with Gasteiger partial charge in [0.15, 0.2) is 0 Å². The molecule has 0 radical (unpaired) electrons. The molecule has 2 aromatic rings. The van der Waals surface area contributed by atoms with Crippen LogP contribution in [0.5, 0.6) is 0 Å². The van der Waals surface area contributed by atoms with E-state index in [1.807, 2.05) is 12.5 Å². The molecule has 4 nitrogen and oxygen atoms in total. The molecule has 1 saturated carbocycles. The normalized spacial score (nSPS) is 16.2. The van der Waals surface area contributed by atoms with E-state index in [-0.39, 0.29) is 5.41 Å². The summed E-state index contributed by atoms with van der Waals surface area (Å²) >= 11 is 1.59. The van der Waals surface area contributed by atoms with Crippen molar-refractivity contribution in [2.45, 2.75) is 45.1 Å². The number of rotatable bonds is 2. The van der Waals surface area contributed by atoms with Crippen molar-refractivity contribution < 1.29 is 0 Å². The first-order valence-electron chi connectivity index (χ1n) is 6.26. The summed E-state index contributed by atoms with van der Waals surface area (Å²) in [6.07, 6.45) is 6.23. The molecule has 0 spiro atoms. The molecule has 1 fully saturated rings. The molecule has 1 aliphatic carbocycles. The molecular formula is C13H18N4S. The van der Waals surface area contributed by atoms with E-state index in [2.05, 4.69) is 30.3 Å². The SMILES string of the molecule is CC(C)(C)c1nc(-c2cncn2C2CC2)c(N)s1. The van der Waals surface area contributed by atoms with Crippen molar-refractivity contribution in [1.29, 1.82) is 0 Å². The molecule has 3 rings (SSSR count). The van der Waals surface area contributed by atoms with Gasteiger partial charge in [-0.2, -0.15) is 0 Å². The van der Waals surface area contributed by atoms with Crippen LogP contribution in [-0.4, -0.2) is 14.5 Å². The van der Waals surface area contributed by atoms with Crippen molar-refractivity contribution in [3.63, 3.8) is 0 Å². The molecular weight excluding hydrogens is 244 g/mol. The van der Waals surface area contributed by atoms with Gasteiger partial charge in [0, 0.05) is 11.5 Å². The summed E-state index contributed by atoms with van der Waals surface area (Å²) < 4.78 is 2.21. The maximum atomic E-state index is 6.13. The zero-order chi connectivity index (χ0) is 12.9. The van der Waals surface area contributed by atoms with Gasteiger partial charge in [-0.25, -0.2) is 9.97 Å². The molecule has 5 heteroatoms. The second kappa shape index (κ2) is 3.82. The van der Waals surface area contributed by atoms with Gasteiger partial charge < -0.3 is 10.3 Å². The average Bonchev–Trinajstić information content (AvgIpc) is 2.86. The first kappa shape index (κ1) is 11.7. The third-order valence-electron chi connectivity index (χ3n) is 3.14. The lowest BCUT2D eigenvalue weighted by Crippen LogP contribution is -2.10. The topological polar surface area (TPSA) is 56.7 Å². The third-order valence-corrected chi connectivity index (χ3v) is 4.45. The third kappa shape index (κ3) is 1.92. The summed E-state index contributed by atoms with van der Waals surface area (Å²) in [7, 11) is 0. The Kier molecular flexibility index (Phi) is 2.48. The van der Waals surface area contributed by atoms with E-state index >= 15 is 0 Å². The van der Waals surface area contributed by atoms with Gasteiger partial charge in [-0.3, -0.25) is 0 Å². The highest BCUT2D eigenvalue weighted by Gasteiger charge is 2.28. The van der Waals surface area contributed by atoms with Gasteiger partial charge in [0.1, 0.15) is 15.7 Å². The van der Waals surface area contributed by atoms with Crippen molar-refractivity contribution in [2.24, 2.45) is 0 Å². The maximum absolute atomic E-state index is 6.13. The number of nitrogens with two attached hydrogens (primary N) is 1. The molecule has 0 aromatic carbocycles. The van der Waals surface area contributed by atoms with Gasteiger partial charge in [0.05, 0.1) is 18.2 Å². The van der Waals surface area contributed by atoms with Crippen LogP contribution in [0, 0.1) is 0 Å². The predicted molar refractivity (Wildman–Crippen MR) is 74.7 cm³/mol. The molecule has 0 bridgehead atoms. The fraction of sp³-hybridized carbons (Fsp3) is 0.538. The van der Waals surface area contributed by atoms with Crippen molar-refractivity contribution in [3.8, 4) is 11.4 Å². The summed E-state index contributed by atoms with van der Waals surface area (Å²) in [5, 5.41) is 1.88. The molecule has 96 valence electrons. The van der Waals surface area contributed by atoms with Crippen LogP contribution in [0.4, 0.5) is 5.00 Å². The molecule has 2 heterocycles. The zero-order valence-corrected chi connectivity index (χ0v) is 11.8. The standard InChI is InChI=1S/C13H18N4S/c1-13(2,3)12-16-10(11(14)18-12)9-6-15-7-17(9)8-4-5-8/h6-8H,4-5,14H2,1-3H3. The van der Waals surface area contributed by atoms with E-state index in [1.54, 1.807) is 11.3 Å². The Morgan fingerprint density at radius 2 is 2.11 bits per heavy atom. The van der Waals surface area contributed by atoms with Crippen LogP contribution in [0.3, 0.4) is 0 Å². The molecule has 0 saturated heterocycles. The Bertz CT molecular complexity index is 572. The predicted octanol–water partition coefficient (Wildman–Crippen LogP) is 3.22. The number of nitrogens with zero attached hydrogens (tertiary/aromatic N) is 3. The molecule has 2 N–H and O–H groups in total. The molecule has 0 unspecified atom stereocenters. The second-order valence-electron chi connectivity index (χ2n) is 5.90. The largest absolute Gasteiger partial charge is 0.389 e. The van der Waals surface area contributed by atoms with Crippen LogP contribution < -0.4 is 5.73 Å². The van der Waals surface area contributed by atoms with Crippen molar-refractivity contribution in [3.05, 3.63) is 17.5 Å². The lowest BCUT2D eigenvalue weighted by atomic mass is 9.98. The van der Waals surface area contributed by atoms with E-state index < -0.39 is 0 Å². The Morgan fingerprint density at radius 3 is 2.67 bits per heavy atom. The van der Waals surface area contributed by atoms with Gasteiger partial charge in [0.25, 0.3) is 0 Å². The number of hydrogen-bond acceptors (Lipinski definition) is 4. The summed E-state index contributed by atoms with van der Waals surface area (Å²) in [5.74, 6) is 0. The number of hydrogen-bond donors (Lipinski definition) is 1. The van der Waals surface area contributed by atoms with Crippen molar-refractivity contribution in [2.75, 3.05) is 5.73 Å². The van der Waals surface area contributed by atoms with Gasteiger partial charge in [0.2, 0.25) is 0 Å². The maximum Gasteiger partial charge on any atom is 0.123 e. The van der Waals surface area contributed by atoms with Gasteiger partial charge >= 0.3 is 0 Å². The first-order valence-corrected chi connectivity index (χ1v) is 7.07. The smallest absolute Gasteiger partial charge is 0.123 e. The summed E-state index contributed by atoms with van der Waals surface area (Å²) in [6, 6.07) is 0.599. The number of nitrogen functional groups attached to an aromatic ring is 1. The highest BCUT2D eigenvalue weighted by Crippen LogP contribution is 2.41. The van der Waals surface area contributed by atoms with Gasteiger partial charge in [-0.15, -0.1) is 11.3 Å². The van der Waals surface area contributed by atoms with Crippen LogP contribution in [-0.2, 0) is 5.41 Å². The molecule has 2 aromatic heterocycles. The Balaban J connectivity index is 2.06. The van der Waals surface area contributed by atoms with Crippen LogP contribution in [0.15, 0.2) is 12.5 Å². The molecule has 0 atom stereocenters.